The van der Waals surface area contributed by atoms with Crippen LogP contribution in [0.2, 0.25) is 0 Å². The molecule has 1 atom stereocenters. The summed E-state index contributed by atoms with van der Waals surface area (Å²) in [4.78, 5) is 9.03. The molecule has 1 aromatic heterocycles. The summed E-state index contributed by atoms with van der Waals surface area (Å²) in [5.74, 6) is 9.62. The van der Waals surface area contributed by atoms with Crippen LogP contribution in [0.25, 0.3) is 0 Å². The SMILES string of the molecule is CCCc1nc(NN)c(C)c(NCC(C)C2CC2)n1. The molecule has 1 unspecified atom stereocenters. The van der Waals surface area contributed by atoms with Crippen molar-refractivity contribution in [3.05, 3.63) is 11.4 Å². The summed E-state index contributed by atoms with van der Waals surface area (Å²) < 4.78 is 0. The standard InChI is InChI=1S/C14H25N5/c1-4-5-12-17-13(10(3)14(18-12)19-15)16-8-9(2)11-6-7-11/h9,11H,4-8,15H2,1-3H3,(H2,16,17,18,19). The Morgan fingerprint density at radius 2 is 2.00 bits per heavy atom. The highest BCUT2D eigenvalue weighted by atomic mass is 15.3. The first-order chi connectivity index (χ1) is 9.15. The summed E-state index contributed by atoms with van der Waals surface area (Å²) in [5.41, 5.74) is 3.66. The molecule has 5 nitrogen and oxygen atoms in total. The van der Waals surface area contributed by atoms with Gasteiger partial charge in [-0.25, -0.2) is 15.8 Å². The molecule has 0 saturated heterocycles. The zero-order valence-electron chi connectivity index (χ0n) is 12.2. The van der Waals surface area contributed by atoms with Crippen molar-refractivity contribution in [3.63, 3.8) is 0 Å². The van der Waals surface area contributed by atoms with E-state index in [9.17, 15) is 0 Å². The number of rotatable bonds is 7. The first kappa shape index (κ1) is 14.1. The molecule has 2 rings (SSSR count). The molecule has 19 heavy (non-hydrogen) atoms. The average Bonchev–Trinajstić information content (AvgIpc) is 3.23. The van der Waals surface area contributed by atoms with Gasteiger partial charge in [-0.05, 0) is 38.0 Å². The minimum absolute atomic E-state index is 0.707. The number of hydrazine groups is 1. The zero-order valence-corrected chi connectivity index (χ0v) is 12.2. The molecule has 1 saturated carbocycles. The number of nitrogens with two attached hydrogens (primary N) is 1. The van der Waals surface area contributed by atoms with Gasteiger partial charge in [-0.3, -0.25) is 0 Å². The van der Waals surface area contributed by atoms with E-state index in [0.717, 1.165) is 48.3 Å². The van der Waals surface area contributed by atoms with Crippen LogP contribution in [0, 0.1) is 18.8 Å². The molecular formula is C14H25N5. The van der Waals surface area contributed by atoms with Gasteiger partial charge >= 0.3 is 0 Å². The Bertz CT molecular complexity index is 428. The lowest BCUT2D eigenvalue weighted by Gasteiger charge is -2.16. The molecule has 4 N–H and O–H groups in total. The van der Waals surface area contributed by atoms with Crippen LogP contribution >= 0.6 is 0 Å². The van der Waals surface area contributed by atoms with E-state index in [-0.39, 0.29) is 0 Å². The summed E-state index contributed by atoms with van der Waals surface area (Å²) in [5, 5.41) is 3.46. The quantitative estimate of drug-likeness (QED) is 0.520. The molecule has 0 spiro atoms. The predicted octanol–water partition coefficient (Wildman–Crippen LogP) is 2.48. The molecule has 0 aliphatic heterocycles. The van der Waals surface area contributed by atoms with E-state index in [0.29, 0.717) is 5.92 Å². The summed E-state index contributed by atoms with van der Waals surface area (Å²) in [6, 6.07) is 0. The van der Waals surface area contributed by atoms with E-state index in [4.69, 9.17) is 5.84 Å². The van der Waals surface area contributed by atoms with Gasteiger partial charge in [-0.15, -0.1) is 0 Å². The first-order valence-electron chi connectivity index (χ1n) is 7.23. The Morgan fingerprint density at radius 3 is 2.58 bits per heavy atom. The maximum absolute atomic E-state index is 5.53. The average molecular weight is 263 g/mol. The van der Waals surface area contributed by atoms with Crippen LogP contribution in [-0.4, -0.2) is 16.5 Å². The van der Waals surface area contributed by atoms with Gasteiger partial charge in [0.15, 0.2) is 0 Å². The molecule has 0 aromatic carbocycles. The van der Waals surface area contributed by atoms with Gasteiger partial charge in [-0.2, -0.15) is 0 Å². The molecule has 5 heteroatoms. The van der Waals surface area contributed by atoms with Gasteiger partial charge in [0, 0.05) is 18.5 Å². The van der Waals surface area contributed by atoms with Crippen molar-refractivity contribution >= 4 is 11.6 Å². The topological polar surface area (TPSA) is 75.9 Å². The smallest absolute Gasteiger partial charge is 0.148 e. The molecule has 0 amide bonds. The lowest BCUT2D eigenvalue weighted by molar-refractivity contribution is 0.535. The number of nitrogen functional groups attached to an aromatic ring is 1. The first-order valence-corrected chi connectivity index (χ1v) is 7.23. The van der Waals surface area contributed by atoms with Crippen LogP contribution in [0.1, 0.15) is 44.5 Å². The lowest BCUT2D eigenvalue weighted by Crippen LogP contribution is -2.18. The van der Waals surface area contributed by atoms with Crippen molar-refractivity contribution in [3.8, 4) is 0 Å². The van der Waals surface area contributed by atoms with Gasteiger partial charge < -0.3 is 10.7 Å². The van der Waals surface area contributed by atoms with Crippen molar-refractivity contribution in [1.29, 1.82) is 0 Å². The number of hydrogen-bond donors (Lipinski definition) is 3. The number of hydrogen-bond acceptors (Lipinski definition) is 5. The number of aromatic nitrogens is 2. The second-order valence-corrected chi connectivity index (χ2v) is 5.55. The fourth-order valence-corrected chi connectivity index (χ4v) is 2.30. The highest BCUT2D eigenvalue weighted by molar-refractivity contribution is 5.56. The van der Waals surface area contributed by atoms with E-state index in [1.165, 1.54) is 12.8 Å². The lowest BCUT2D eigenvalue weighted by atomic mass is 10.1. The van der Waals surface area contributed by atoms with Crippen molar-refractivity contribution < 1.29 is 0 Å². The molecule has 1 aliphatic rings. The summed E-state index contributed by atoms with van der Waals surface area (Å²) >= 11 is 0. The van der Waals surface area contributed by atoms with Gasteiger partial charge in [0.1, 0.15) is 17.5 Å². The Balaban J connectivity index is 2.09. The van der Waals surface area contributed by atoms with Crippen LogP contribution in [0.5, 0.6) is 0 Å². The molecule has 1 aliphatic carbocycles. The largest absolute Gasteiger partial charge is 0.369 e. The third-order valence-electron chi connectivity index (χ3n) is 3.82. The fourth-order valence-electron chi connectivity index (χ4n) is 2.30. The van der Waals surface area contributed by atoms with Gasteiger partial charge in [0.2, 0.25) is 0 Å². The van der Waals surface area contributed by atoms with Gasteiger partial charge in [-0.1, -0.05) is 13.8 Å². The number of nitrogens with one attached hydrogen (secondary N) is 2. The second kappa shape index (κ2) is 6.19. The fraction of sp³-hybridized carbons (Fsp3) is 0.714. The van der Waals surface area contributed by atoms with Crippen molar-refractivity contribution in [2.24, 2.45) is 17.7 Å². The van der Waals surface area contributed by atoms with Crippen molar-refractivity contribution in [2.45, 2.75) is 46.5 Å². The molecular weight excluding hydrogens is 238 g/mol. The van der Waals surface area contributed by atoms with Crippen LogP contribution in [0.3, 0.4) is 0 Å². The van der Waals surface area contributed by atoms with Gasteiger partial charge in [0.05, 0.1) is 0 Å². The molecule has 0 radical (unpaired) electrons. The Labute approximate surface area is 115 Å². The zero-order chi connectivity index (χ0) is 13.8. The number of anilines is 2. The molecule has 106 valence electrons. The third-order valence-corrected chi connectivity index (χ3v) is 3.82. The van der Waals surface area contributed by atoms with E-state index in [1.54, 1.807) is 0 Å². The maximum Gasteiger partial charge on any atom is 0.148 e. The Morgan fingerprint density at radius 1 is 1.32 bits per heavy atom. The summed E-state index contributed by atoms with van der Waals surface area (Å²) in [6.45, 7) is 7.39. The van der Waals surface area contributed by atoms with Crippen molar-refractivity contribution in [2.75, 3.05) is 17.3 Å². The maximum atomic E-state index is 5.53. The second-order valence-electron chi connectivity index (χ2n) is 5.55. The van der Waals surface area contributed by atoms with Crippen LogP contribution < -0.4 is 16.6 Å². The van der Waals surface area contributed by atoms with E-state index in [2.05, 4.69) is 34.6 Å². The number of nitrogens with zero attached hydrogens (tertiary/aromatic N) is 2. The van der Waals surface area contributed by atoms with Gasteiger partial charge in [0.25, 0.3) is 0 Å². The minimum Gasteiger partial charge on any atom is -0.369 e. The van der Waals surface area contributed by atoms with E-state index in [1.807, 2.05) is 6.92 Å². The normalized spacial score (nSPS) is 16.2. The Hall–Kier alpha value is -1.36. The molecule has 0 bridgehead atoms. The Kier molecular flexibility index (Phi) is 4.58. The molecule has 1 aromatic rings. The summed E-state index contributed by atoms with van der Waals surface area (Å²) in [6.07, 6.45) is 4.66. The van der Waals surface area contributed by atoms with E-state index < -0.39 is 0 Å². The van der Waals surface area contributed by atoms with Crippen LogP contribution in [0.4, 0.5) is 11.6 Å². The summed E-state index contributed by atoms with van der Waals surface area (Å²) in [7, 11) is 0. The van der Waals surface area contributed by atoms with E-state index >= 15 is 0 Å². The molecule has 1 heterocycles. The minimum atomic E-state index is 0.707. The van der Waals surface area contributed by atoms with Crippen LogP contribution in [-0.2, 0) is 6.42 Å². The number of aryl methyl sites for hydroxylation is 1. The molecule has 1 fully saturated rings. The highest BCUT2D eigenvalue weighted by Gasteiger charge is 2.27. The highest BCUT2D eigenvalue weighted by Crippen LogP contribution is 2.36. The predicted molar refractivity (Wildman–Crippen MR) is 79.0 cm³/mol. The third kappa shape index (κ3) is 3.56. The van der Waals surface area contributed by atoms with Crippen LogP contribution in [0.15, 0.2) is 0 Å². The monoisotopic (exact) mass is 263 g/mol. The van der Waals surface area contributed by atoms with Crippen molar-refractivity contribution in [1.82, 2.24) is 9.97 Å².